The minimum Gasteiger partial charge on any atom is -0.372 e. The van der Waals surface area contributed by atoms with Gasteiger partial charge in [0.05, 0.1) is 5.56 Å². The average molecular weight is 367 g/mol. The lowest BCUT2D eigenvalue weighted by Crippen LogP contribution is -2.34. The standard InChI is InChI=1S/C21H29N5O/c1-4-25(5-2)19-8-6-18(7-9-19)24-20(27)17-14-22-21(23-15-17)26-12-10-16(3)11-13-26/h6-9,14-16H,4-5,10-13H2,1-3H3,(H,24,27). The van der Waals surface area contributed by atoms with Crippen LogP contribution in [0, 0.1) is 5.92 Å². The fraction of sp³-hybridized carbons (Fsp3) is 0.476. The molecule has 1 fully saturated rings. The Hall–Kier alpha value is -2.63. The summed E-state index contributed by atoms with van der Waals surface area (Å²) < 4.78 is 0. The van der Waals surface area contributed by atoms with Crippen LogP contribution in [0.2, 0.25) is 0 Å². The van der Waals surface area contributed by atoms with Gasteiger partial charge >= 0.3 is 0 Å². The molecule has 1 aliphatic rings. The van der Waals surface area contributed by atoms with Crippen LogP contribution in [-0.4, -0.2) is 42.1 Å². The third-order valence-corrected chi connectivity index (χ3v) is 5.22. The van der Waals surface area contributed by atoms with Gasteiger partial charge in [0.25, 0.3) is 5.91 Å². The maximum Gasteiger partial charge on any atom is 0.258 e. The Balaban J connectivity index is 1.61. The van der Waals surface area contributed by atoms with Crippen LogP contribution in [0.25, 0.3) is 0 Å². The summed E-state index contributed by atoms with van der Waals surface area (Å²) in [5.41, 5.74) is 2.39. The Morgan fingerprint density at radius 3 is 2.26 bits per heavy atom. The number of hydrogen-bond donors (Lipinski definition) is 1. The van der Waals surface area contributed by atoms with E-state index >= 15 is 0 Å². The number of piperidine rings is 1. The summed E-state index contributed by atoms with van der Waals surface area (Å²) in [5.74, 6) is 1.28. The summed E-state index contributed by atoms with van der Waals surface area (Å²) in [6.45, 7) is 10.4. The molecule has 0 radical (unpaired) electrons. The van der Waals surface area contributed by atoms with E-state index in [0.29, 0.717) is 11.5 Å². The summed E-state index contributed by atoms with van der Waals surface area (Å²) >= 11 is 0. The highest BCUT2D eigenvalue weighted by Gasteiger charge is 2.18. The minimum absolute atomic E-state index is 0.190. The van der Waals surface area contributed by atoms with E-state index in [1.807, 2.05) is 24.3 Å². The van der Waals surface area contributed by atoms with Gasteiger partial charge in [0.1, 0.15) is 0 Å². The molecule has 1 N–H and O–H groups in total. The Labute approximate surface area is 161 Å². The topological polar surface area (TPSA) is 61.4 Å². The molecule has 0 spiro atoms. The monoisotopic (exact) mass is 367 g/mol. The zero-order chi connectivity index (χ0) is 19.2. The van der Waals surface area contributed by atoms with Crippen LogP contribution in [0.3, 0.4) is 0 Å². The van der Waals surface area contributed by atoms with Gasteiger partial charge in [-0.15, -0.1) is 0 Å². The number of anilines is 3. The van der Waals surface area contributed by atoms with Crippen molar-refractivity contribution in [3.8, 4) is 0 Å². The summed E-state index contributed by atoms with van der Waals surface area (Å²) in [7, 11) is 0. The van der Waals surface area contributed by atoms with Gasteiger partial charge in [-0.25, -0.2) is 9.97 Å². The van der Waals surface area contributed by atoms with Gasteiger partial charge in [-0.3, -0.25) is 4.79 Å². The van der Waals surface area contributed by atoms with Gasteiger partial charge in [-0.1, -0.05) is 6.92 Å². The Morgan fingerprint density at radius 1 is 1.11 bits per heavy atom. The molecule has 6 nitrogen and oxygen atoms in total. The summed E-state index contributed by atoms with van der Waals surface area (Å²) in [5, 5.41) is 2.91. The molecule has 27 heavy (non-hydrogen) atoms. The Morgan fingerprint density at radius 2 is 1.70 bits per heavy atom. The maximum atomic E-state index is 12.5. The molecule has 1 aliphatic heterocycles. The minimum atomic E-state index is -0.190. The van der Waals surface area contributed by atoms with E-state index in [1.54, 1.807) is 12.4 Å². The first kappa shape index (κ1) is 19.1. The normalized spacial score (nSPS) is 14.9. The van der Waals surface area contributed by atoms with Crippen LogP contribution in [0.15, 0.2) is 36.7 Å². The van der Waals surface area contributed by atoms with Crippen molar-refractivity contribution in [2.24, 2.45) is 5.92 Å². The number of amides is 1. The molecule has 2 heterocycles. The highest BCUT2D eigenvalue weighted by atomic mass is 16.1. The van der Waals surface area contributed by atoms with Crippen molar-refractivity contribution in [3.63, 3.8) is 0 Å². The Bertz CT molecular complexity index is 732. The van der Waals surface area contributed by atoms with Gasteiger partial charge in [0.15, 0.2) is 0 Å². The van der Waals surface area contributed by atoms with E-state index < -0.39 is 0 Å². The average Bonchev–Trinajstić information content (AvgIpc) is 2.71. The number of benzene rings is 1. The molecule has 0 saturated carbocycles. The van der Waals surface area contributed by atoms with Crippen LogP contribution in [-0.2, 0) is 0 Å². The molecule has 1 amide bonds. The first-order valence-electron chi connectivity index (χ1n) is 9.84. The third kappa shape index (κ3) is 4.76. The number of rotatable bonds is 6. The number of carbonyl (C=O) groups is 1. The van der Waals surface area contributed by atoms with Crippen LogP contribution in [0.1, 0.15) is 44.0 Å². The predicted molar refractivity (Wildman–Crippen MR) is 111 cm³/mol. The van der Waals surface area contributed by atoms with Gasteiger partial charge in [0.2, 0.25) is 5.95 Å². The number of nitrogens with zero attached hydrogens (tertiary/aromatic N) is 4. The van der Waals surface area contributed by atoms with Gasteiger partial charge < -0.3 is 15.1 Å². The lowest BCUT2D eigenvalue weighted by atomic mass is 10.00. The van der Waals surface area contributed by atoms with E-state index in [1.165, 1.54) is 0 Å². The fourth-order valence-electron chi connectivity index (χ4n) is 3.36. The van der Waals surface area contributed by atoms with E-state index in [9.17, 15) is 4.79 Å². The van der Waals surface area contributed by atoms with Crippen LogP contribution in [0.5, 0.6) is 0 Å². The van der Waals surface area contributed by atoms with E-state index in [4.69, 9.17) is 0 Å². The predicted octanol–water partition coefficient (Wildman–Crippen LogP) is 3.81. The van der Waals surface area contributed by atoms with E-state index in [2.05, 4.69) is 45.9 Å². The quantitative estimate of drug-likeness (QED) is 0.841. The third-order valence-electron chi connectivity index (χ3n) is 5.22. The first-order valence-corrected chi connectivity index (χ1v) is 9.84. The van der Waals surface area contributed by atoms with E-state index in [-0.39, 0.29) is 5.91 Å². The van der Waals surface area contributed by atoms with Crippen molar-refractivity contribution in [2.75, 3.05) is 41.3 Å². The molecule has 2 aromatic rings. The maximum absolute atomic E-state index is 12.5. The van der Waals surface area contributed by atoms with Crippen molar-refractivity contribution in [3.05, 3.63) is 42.2 Å². The van der Waals surface area contributed by atoms with Gasteiger partial charge in [0, 0.05) is 49.9 Å². The molecule has 3 rings (SSSR count). The molecule has 0 aliphatic carbocycles. The van der Waals surface area contributed by atoms with Crippen LogP contribution in [0.4, 0.5) is 17.3 Å². The highest BCUT2D eigenvalue weighted by Crippen LogP contribution is 2.20. The van der Waals surface area contributed by atoms with Crippen molar-refractivity contribution in [1.29, 1.82) is 0 Å². The van der Waals surface area contributed by atoms with Crippen LogP contribution >= 0.6 is 0 Å². The first-order chi connectivity index (χ1) is 13.1. The number of hydrogen-bond acceptors (Lipinski definition) is 5. The van der Waals surface area contributed by atoms with Crippen molar-refractivity contribution >= 4 is 23.2 Å². The van der Waals surface area contributed by atoms with Gasteiger partial charge in [-0.2, -0.15) is 0 Å². The highest BCUT2D eigenvalue weighted by molar-refractivity contribution is 6.03. The molecule has 0 atom stereocenters. The largest absolute Gasteiger partial charge is 0.372 e. The van der Waals surface area contributed by atoms with Crippen molar-refractivity contribution in [2.45, 2.75) is 33.6 Å². The molecule has 1 aromatic heterocycles. The summed E-state index contributed by atoms with van der Waals surface area (Å²) in [6.07, 6.45) is 5.55. The molecule has 0 bridgehead atoms. The lowest BCUT2D eigenvalue weighted by molar-refractivity contribution is 0.102. The lowest BCUT2D eigenvalue weighted by Gasteiger charge is -2.30. The molecule has 0 unspecified atom stereocenters. The molecule has 6 heteroatoms. The second-order valence-electron chi connectivity index (χ2n) is 7.11. The second kappa shape index (κ2) is 8.84. The zero-order valence-electron chi connectivity index (χ0n) is 16.5. The van der Waals surface area contributed by atoms with E-state index in [0.717, 1.165) is 56.3 Å². The van der Waals surface area contributed by atoms with Crippen LogP contribution < -0.4 is 15.1 Å². The summed E-state index contributed by atoms with van der Waals surface area (Å²) in [4.78, 5) is 25.7. The fourth-order valence-corrected chi connectivity index (χ4v) is 3.36. The zero-order valence-corrected chi connectivity index (χ0v) is 16.5. The number of nitrogens with one attached hydrogen (secondary N) is 1. The molecule has 1 saturated heterocycles. The smallest absolute Gasteiger partial charge is 0.258 e. The SMILES string of the molecule is CCN(CC)c1ccc(NC(=O)c2cnc(N3CCC(C)CC3)nc2)cc1. The molecule has 144 valence electrons. The Kier molecular flexibility index (Phi) is 6.27. The van der Waals surface area contributed by atoms with Crippen molar-refractivity contribution < 1.29 is 4.79 Å². The second-order valence-corrected chi connectivity index (χ2v) is 7.11. The molecular formula is C21H29N5O. The summed E-state index contributed by atoms with van der Waals surface area (Å²) in [6, 6.07) is 7.91. The number of aromatic nitrogens is 2. The van der Waals surface area contributed by atoms with Gasteiger partial charge in [-0.05, 0) is 56.9 Å². The number of carbonyl (C=O) groups excluding carboxylic acids is 1. The van der Waals surface area contributed by atoms with Crippen molar-refractivity contribution in [1.82, 2.24) is 9.97 Å². The molecular weight excluding hydrogens is 338 g/mol. The molecule has 1 aromatic carbocycles.